The van der Waals surface area contributed by atoms with Gasteiger partial charge < -0.3 is 15.0 Å². The first-order chi connectivity index (χ1) is 12.2. The molecule has 1 amide bonds. The van der Waals surface area contributed by atoms with Crippen molar-refractivity contribution in [3.05, 3.63) is 41.7 Å². The summed E-state index contributed by atoms with van der Waals surface area (Å²) in [7, 11) is 1.64. The van der Waals surface area contributed by atoms with Crippen LogP contribution >= 0.6 is 0 Å². The number of methoxy groups -OCH3 is 1. The summed E-state index contributed by atoms with van der Waals surface area (Å²) < 4.78 is 7.17. The first-order valence-electron chi connectivity index (χ1n) is 8.91. The monoisotopic (exact) mass is 340 g/mol. The molecule has 2 aliphatic rings. The van der Waals surface area contributed by atoms with Gasteiger partial charge in [0.05, 0.1) is 7.11 Å². The zero-order chi connectivity index (χ0) is 17.4. The van der Waals surface area contributed by atoms with Crippen molar-refractivity contribution in [1.82, 2.24) is 20.0 Å². The molecule has 2 atom stereocenters. The molecule has 1 aromatic carbocycles. The third kappa shape index (κ3) is 2.91. The van der Waals surface area contributed by atoms with Gasteiger partial charge in [-0.1, -0.05) is 6.07 Å². The van der Waals surface area contributed by atoms with Crippen LogP contribution in [0.25, 0.3) is 5.69 Å². The first-order valence-corrected chi connectivity index (χ1v) is 8.91. The second-order valence-corrected chi connectivity index (χ2v) is 6.91. The summed E-state index contributed by atoms with van der Waals surface area (Å²) in [6.07, 6.45) is 5.04. The molecule has 132 valence electrons. The van der Waals surface area contributed by atoms with Gasteiger partial charge in [-0.3, -0.25) is 4.79 Å². The quantitative estimate of drug-likeness (QED) is 0.930. The van der Waals surface area contributed by atoms with Gasteiger partial charge in [-0.2, -0.15) is 5.10 Å². The summed E-state index contributed by atoms with van der Waals surface area (Å²) in [5.74, 6) is 0.785. The van der Waals surface area contributed by atoms with E-state index in [1.165, 1.54) is 0 Å². The van der Waals surface area contributed by atoms with Crippen LogP contribution in [-0.2, 0) is 0 Å². The van der Waals surface area contributed by atoms with Gasteiger partial charge in [0, 0.05) is 24.8 Å². The molecule has 0 aliphatic carbocycles. The Balaban J connectivity index is 1.63. The molecule has 0 radical (unpaired) electrons. The summed E-state index contributed by atoms with van der Waals surface area (Å²) >= 11 is 0. The summed E-state index contributed by atoms with van der Waals surface area (Å²) in [6, 6.07) is 8.38. The normalized spacial score (nSPS) is 22.7. The van der Waals surface area contributed by atoms with Gasteiger partial charge in [0.25, 0.3) is 5.91 Å². The van der Waals surface area contributed by atoms with Crippen LogP contribution in [0.15, 0.2) is 30.5 Å². The number of rotatable bonds is 3. The SMILES string of the molecule is COc1ccc(C)cc1-n1ccc(C(=O)N2C3CCNCC2CC3)n1. The van der Waals surface area contributed by atoms with Crippen molar-refractivity contribution in [3.63, 3.8) is 0 Å². The highest BCUT2D eigenvalue weighted by Crippen LogP contribution is 2.30. The fraction of sp³-hybridized carbons (Fsp3) is 0.474. The van der Waals surface area contributed by atoms with E-state index in [0.717, 1.165) is 49.4 Å². The molecule has 0 spiro atoms. The molecule has 0 saturated carbocycles. The van der Waals surface area contributed by atoms with E-state index in [9.17, 15) is 4.79 Å². The molecule has 2 fully saturated rings. The van der Waals surface area contributed by atoms with Crippen LogP contribution < -0.4 is 10.1 Å². The highest BCUT2D eigenvalue weighted by Gasteiger charge is 2.39. The second kappa shape index (κ2) is 6.52. The van der Waals surface area contributed by atoms with Crippen LogP contribution in [0.2, 0.25) is 0 Å². The summed E-state index contributed by atoms with van der Waals surface area (Å²) in [5, 5.41) is 7.99. The van der Waals surface area contributed by atoms with Gasteiger partial charge in [0.2, 0.25) is 0 Å². The predicted octanol–water partition coefficient (Wildman–Crippen LogP) is 2.16. The third-order valence-electron chi connectivity index (χ3n) is 5.28. The topological polar surface area (TPSA) is 59.4 Å². The Morgan fingerprint density at radius 2 is 2.08 bits per heavy atom. The van der Waals surface area contributed by atoms with Crippen molar-refractivity contribution in [2.24, 2.45) is 0 Å². The van der Waals surface area contributed by atoms with E-state index in [4.69, 9.17) is 4.74 Å². The van der Waals surface area contributed by atoms with Gasteiger partial charge in [0.15, 0.2) is 5.69 Å². The number of aromatic nitrogens is 2. The predicted molar refractivity (Wildman–Crippen MR) is 95.3 cm³/mol. The van der Waals surface area contributed by atoms with Crippen LogP contribution in [0, 0.1) is 6.92 Å². The number of hydrogen-bond acceptors (Lipinski definition) is 4. The highest BCUT2D eigenvalue weighted by atomic mass is 16.5. The number of benzene rings is 1. The lowest BCUT2D eigenvalue weighted by atomic mass is 10.1. The number of carbonyl (C=O) groups is 1. The van der Waals surface area contributed by atoms with Crippen LogP contribution in [0.5, 0.6) is 5.75 Å². The number of nitrogens with zero attached hydrogens (tertiary/aromatic N) is 3. The van der Waals surface area contributed by atoms with E-state index in [-0.39, 0.29) is 5.91 Å². The number of amides is 1. The molecule has 2 saturated heterocycles. The van der Waals surface area contributed by atoms with Crippen molar-refractivity contribution in [3.8, 4) is 11.4 Å². The Kier molecular flexibility index (Phi) is 4.21. The minimum atomic E-state index is 0.0431. The number of hydrogen-bond donors (Lipinski definition) is 1. The number of carbonyl (C=O) groups excluding carboxylic acids is 1. The van der Waals surface area contributed by atoms with Gasteiger partial charge in [-0.15, -0.1) is 0 Å². The Morgan fingerprint density at radius 3 is 2.92 bits per heavy atom. The minimum Gasteiger partial charge on any atom is -0.494 e. The molecule has 4 rings (SSSR count). The molecule has 2 aliphatic heterocycles. The molecule has 6 heteroatoms. The van der Waals surface area contributed by atoms with E-state index in [1.54, 1.807) is 11.8 Å². The van der Waals surface area contributed by atoms with E-state index in [1.807, 2.05) is 37.4 Å². The first kappa shape index (κ1) is 16.1. The molecular weight excluding hydrogens is 316 g/mol. The third-order valence-corrected chi connectivity index (χ3v) is 5.28. The molecule has 1 aromatic heterocycles. The molecule has 25 heavy (non-hydrogen) atoms. The molecule has 6 nitrogen and oxygen atoms in total. The van der Waals surface area contributed by atoms with Crippen LogP contribution in [0.1, 0.15) is 35.3 Å². The van der Waals surface area contributed by atoms with Crippen LogP contribution in [0.4, 0.5) is 0 Å². The number of aryl methyl sites for hydroxylation is 1. The number of ether oxygens (including phenoxy) is 1. The van der Waals surface area contributed by atoms with Gasteiger partial charge in [-0.05, 0) is 56.5 Å². The lowest BCUT2D eigenvalue weighted by Crippen LogP contribution is -2.42. The fourth-order valence-corrected chi connectivity index (χ4v) is 4.00. The lowest BCUT2D eigenvalue weighted by molar-refractivity contribution is 0.0673. The van der Waals surface area contributed by atoms with E-state index >= 15 is 0 Å². The van der Waals surface area contributed by atoms with E-state index in [0.29, 0.717) is 17.8 Å². The largest absolute Gasteiger partial charge is 0.494 e. The maximum Gasteiger partial charge on any atom is 0.274 e. The molecule has 1 N–H and O–H groups in total. The summed E-state index contributed by atoms with van der Waals surface area (Å²) in [4.78, 5) is 15.1. The Hall–Kier alpha value is -2.34. The zero-order valence-electron chi connectivity index (χ0n) is 14.7. The zero-order valence-corrected chi connectivity index (χ0v) is 14.7. The molecule has 2 aromatic rings. The van der Waals surface area contributed by atoms with E-state index in [2.05, 4.69) is 15.3 Å². The van der Waals surface area contributed by atoms with Crippen molar-refractivity contribution < 1.29 is 9.53 Å². The van der Waals surface area contributed by atoms with Crippen LogP contribution in [0.3, 0.4) is 0 Å². The Labute approximate surface area is 147 Å². The van der Waals surface area contributed by atoms with Crippen molar-refractivity contribution in [2.75, 3.05) is 20.2 Å². The van der Waals surface area contributed by atoms with Crippen molar-refractivity contribution in [1.29, 1.82) is 0 Å². The van der Waals surface area contributed by atoms with Crippen LogP contribution in [-0.4, -0.2) is 52.9 Å². The maximum absolute atomic E-state index is 13.1. The standard InChI is InChI=1S/C19H24N4O2/c1-13-3-6-18(25-2)17(11-13)22-10-8-16(21-22)19(24)23-14-4-5-15(23)12-20-9-7-14/h3,6,8,10-11,14-15,20H,4-5,7,9,12H2,1-2H3. The van der Waals surface area contributed by atoms with Crippen molar-refractivity contribution >= 4 is 5.91 Å². The average molecular weight is 340 g/mol. The summed E-state index contributed by atoms with van der Waals surface area (Å²) in [5.41, 5.74) is 2.47. The van der Waals surface area contributed by atoms with Gasteiger partial charge >= 0.3 is 0 Å². The minimum absolute atomic E-state index is 0.0431. The highest BCUT2D eigenvalue weighted by molar-refractivity contribution is 5.93. The second-order valence-electron chi connectivity index (χ2n) is 6.91. The maximum atomic E-state index is 13.1. The summed E-state index contributed by atoms with van der Waals surface area (Å²) in [6.45, 7) is 3.90. The molecule has 2 bridgehead atoms. The smallest absolute Gasteiger partial charge is 0.274 e. The molecule has 3 heterocycles. The van der Waals surface area contributed by atoms with Gasteiger partial charge in [-0.25, -0.2) is 4.68 Å². The lowest BCUT2D eigenvalue weighted by Gasteiger charge is -2.27. The van der Waals surface area contributed by atoms with Crippen molar-refractivity contribution in [2.45, 2.75) is 38.3 Å². The Bertz CT molecular complexity index is 771. The Morgan fingerprint density at radius 1 is 1.24 bits per heavy atom. The number of fused-ring (bicyclic) bond motifs is 2. The van der Waals surface area contributed by atoms with Gasteiger partial charge in [0.1, 0.15) is 11.4 Å². The molecule has 2 unspecified atom stereocenters. The number of nitrogens with one attached hydrogen (secondary N) is 1. The average Bonchev–Trinajstić information content (AvgIpc) is 3.18. The fourth-order valence-electron chi connectivity index (χ4n) is 4.00. The van der Waals surface area contributed by atoms with E-state index < -0.39 is 0 Å². The molecular formula is C19H24N4O2.